The Labute approximate surface area is 146 Å². The van der Waals surface area contributed by atoms with Gasteiger partial charge >= 0.3 is 0 Å². The van der Waals surface area contributed by atoms with Gasteiger partial charge in [-0.2, -0.15) is 0 Å². The van der Waals surface area contributed by atoms with E-state index in [0.717, 1.165) is 19.4 Å². The number of alkyl halides is 1. The summed E-state index contributed by atoms with van der Waals surface area (Å²) in [6.45, 7) is 7.71. The highest BCUT2D eigenvalue weighted by atomic mass is 79.9. The first-order chi connectivity index (χ1) is 10.3. The van der Waals surface area contributed by atoms with Gasteiger partial charge in [0.1, 0.15) is 5.52 Å². The van der Waals surface area contributed by atoms with Crippen LogP contribution in [0.4, 0.5) is 0 Å². The van der Waals surface area contributed by atoms with Crippen LogP contribution in [-0.4, -0.2) is 36.6 Å². The number of hydrogen-bond acceptors (Lipinski definition) is 4. The molecular weight excluding hydrogens is 414 g/mol. The zero-order chi connectivity index (χ0) is 16.3. The molecule has 1 unspecified atom stereocenters. The number of nitrogens with zero attached hydrogens (tertiary/aromatic N) is 3. The zero-order valence-corrected chi connectivity index (χ0v) is 16.2. The second-order valence-corrected chi connectivity index (χ2v) is 7.60. The molecule has 0 spiro atoms. The SMILES string of the molecule is CCCCOC(C)(C)C(Br)Cn1cnc(=N)c2[nH]c(Br)nc21. The molecule has 1 atom stereocenters. The van der Waals surface area contributed by atoms with E-state index in [1.807, 2.05) is 4.57 Å². The highest BCUT2D eigenvalue weighted by Crippen LogP contribution is 2.25. The van der Waals surface area contributed by atoms with Gasteiger partial charge in [0.15, 0.2) is 15.9 Å². The van der Waals surface area contributed by atoms with Crippen molar-refractivity contribution in [2.45, 2.75) is 50.6 Å². The molecule has 0 amide bonds. The smallest absolute Gasteiger partial charge is 0.177 e. The number of hydrogen-bond donors (Lipinski definition) is 2. The topological polar surface area (TPSA) is 79.6 Å². The molecule has 0 saturated carbocycles. The lowest BCUT2D eigenvalue weighted by atomic mass is 10.0. The van der Waals surface area contributed by atoms with E-state index in [9.17, 15) is 0 Å². The van der Waals surface area contributed by atoms with Crippen LogP contribution in [0.3, 0.4) is 0 Å². The number of aromatic amines is 1. The van der Waals surface area contributed by atoms with Crippen molar-refractivity contribution in [1.29, 1.82) is 5.41 Å². The number of ether oxygens (including phenoxy) is 1. The van der Waals surface area contributed by atoms with Gasteiger partial charge in [-0.25, -0.2) is 9.97 Å². The van der Waals surface area contributed by atoms with E-state index >= 15 is 0 Å². The Kier molecular flexibility index (Phi) is 5.79. The minimum atomic E-state index is -0.304. The molecule has 2 N–H and O–H groups in total. The molecule has 0 fully saturated rings. The summed E-state index contributed by atoms with van der Waals surface area (Å²) in [7, 11) is 0. The number of aromatic nitrogens is 4. The van der Waals surface area contributed by atoms with Crippen LogP contribution in [0.5, 0.6) is 0 Å². The fourth-order valence-corrected chi connectivity index (χ4v) is 2.86. The van der Waals surface area contributed by atoms with Gasteiger partial charge in [0.25, 0.3) is 0 Å². The quantitative estimate of drug-likeness (QED) is 0.398. The lowest BCUT2D eigenvalue weighted by Crippen LogP contribution is -2.38. The van der Waals surface area contributed by atoms with E-state index in [-0.39, 0.29) is 15.9 Å². The average molecular weight is 435 g/mol. The second-order valence-electron chi connectivity index (χ2n) is 5.74. The number of nitrogens with one attached hydrogen (secondary N) is 2. The van der Waals surface area contributed by atoms with Crippen LogP contribution < -0.4 is 5.49 Å². The molecule has 22 heavy (non-hydrogen) atoms. The van der Waals surface area contributed by atoms with Gasteiger partial charge in [0.05, 0.1) is 16.8 Å². The molecule has 0 aliphatic heterocycles. The minimum Gasteiger partial charge on any atom is -0.374 e. The Morgan fingerprint density at radius 2 is 2.23 bits per heavy atom. The van der Waals surface area contributed by atoms with Gasteiger partial charge in [-0.15, -0.1) is 0 Å². The summed E-state index contributed by atoms with van der Waals surface area (Å²) in [6.07, 6.45) is 3.82. The minimum absolute atomic E-state index is 0.0962. The fourth-order valence-electron chi connectivity index (χ4n) is 2.05. The molecule has 0 aliphatic carbocycles. The molecule has 122 valence electrons. The van der Waals surface area contributed by atoms with Crippen LogP contribution in [0.2, 0.25) is 0 Å². The van der Waals surface area contributed by atoms with E-state index in [4.69, 9.17) is 10.1 Å². The molecular formula is C14H21Br2N5O. The monoisotopic (exact) mass is 433 g/mol. The lowest BCUT2D eigenvalue weighted by Gasteiger charge is -2.31. The van der Waals surface area contributed by atoms with Crippen molar-refractivity contribution in [3.63, 3.8) is 0 Å². The Bertz CT molecular complexity index is 694. The molecule has 0 bridgehead atoms. The summed E-state index contributed by atoms with van der Waals surface area (Å²) in [5.74, 6) is 0. The van der Waals surface area contributed by atoms with Crippen molar-refractivity contribution in [2.75, 3.05) is 6.61 Å². The molecule has 0 saturated heterocycles. The van der Waals surface area contributed by atoms with Gasteiger partial charge in [-0.1, -0.05) is 29.3 Å². The van der Waals surface area contributed by atoms with Crippen molar-refractivity contribution < 1.29 is 4.74 Å². The van der Waals surface area contributed by atoms with Crippen molar-refractivity contribution in [2.24, 2.45) is 0 Å². The maximum absolute atomic E-state index is 7.84. The van der Waals surface area contributed by atoms with E-state index in [2.05, 4.69) is 67.6 Å². The lowest BCUT2D eigenvalue weighted by molar-refractivity contribution is -0.0210. The van der Waals surface area contributed by atoms with E-state index in [1.54, 1.807) is 6.33 Å². The molecule has 2 aromatic rings. The summed E-state index contributed by atoms with van der Waals surface area (Å²) in [5, 5.41) is 7.84. The number of unbranched alkanes of at least 4 members (excludes halogenated alkanes) is 1. The molecule has 2 heterocycles. The Morgan fingerprint density at radius 3 is 2.91 bits per heavy atom. The highest BCUT2D eigenvalue weighted by Gasteiger charge is 2.29. The summed E-state index contributed by atoms with van der Waals surface area (Å²) in [6, 6.07) is 0. The summed E-state index contributed by atoms with van der Waals surface area (Å²) in [5.41, 5.74) is 1.22. The predicted molar refractivity (Wildman–Crippen MR) is 93.1 cm³/mol. The van der Waals surface area contributed by atoms with Crippen LogP contribution in [0, 0.1) is 5.41 Å². The van der Waals surface area contributed by atoms with Crippen LogP contribution in [0.1, 0.15) is 33.6 Å². The molecule has 0 aromatic carbocycles. The van der Waals surface area contributed by atoms with Gasteiger partial charge in [0.2, 0.25) is 0 Å². The summed E-state index contributed by atoms with van der Waals surface area (Å²) in [4.78, 5) is 11.6. The van der Waals surface area contributed by atoms with Crippen LogP contribution in [-0.2, 0) is 11.3 Å². The first-order valence-electron chi connectivity index (χ1n) is 7.28. The maximum Gasteiger partial charge on any atom is 0.177 e. The van der Waals surface area contributed by atoms with Gasteiger partial charge < -0.3 is 14.3 Å². The van der Waals surface area contributed by atoms with E-state index < -0.39 is 0 Å². The number of fused-ring (bicyclic) bond motifs is 1. The fraction of sp³-hybridized carbons (Fsp3) is 0.643. The molecule has 6 nitrogen and oxygen atoms in total. The molecule has 2 rings (SSSR count). The number of H-pyrrole nitrogens is 1. The highest BCUT2D eigenvalue weighted by molar-refractivity contribution is 9.10. The van der Waals surface area contributed by atoms with E-state index in [0.29, 0.717) is 22.4 Å². The Balaban J connectivity index is 2.19. The number of imidazole rings is 1. The van der Waals surface area contributed by atoms with Gasteiger partial charge in [-0.05, 0) is 36.2 Å². The van der Waals surface area contributed by atoms with Crippen molar-refractivity contribution in [3.05, 3.63) is 16.5 Å². The summed E-state index contributed by atoms with van der Waals surface area (Å²) < 4.78 is 8.52. The van der Waals surface area contributed by atoms with Crippen molar-refractivity contribution in [1.82, 2.24) is 19.5 Å². The third-order valence-corrected chi connectivity index (χ3v) is 5.34. The standard InChI is InChI=1S/C14H21Br2N5O/c1-4-5-6-22-14(2,3)9(15)7-21-8-18-11(17)10-12(21)20-13(16)19-10/h8-9,17H,4-7H2,1-3H3,(H,19,20). The van der Waals surface area contributed by atoms with Crippen molar-refractivity contribution in [3.8, 4) is 0 Å². The largest absolute Gasteiger partial charge is 0.374 e. The Hall–Kier alpha value is -0.730. The molecule has 2 aromatic heterocycles. The Morgan fingerprint density at radius 1 is 1.50 bits per heavy atom. The number of halogens is 2. The first kappa shape index (κ1) is 17.6. The maximum atomic E-state index is 7.84. The normalized spacial score (nSPS) is 13.7. The van der Waals surface area contributed by atoms with Crippen LogP contribution in [0.15, 0.2) is 11.1 Å². The third kappa shape index (κ3) is 3.97. The number of rotatable bonds is 7. The molecule has 0 radical (unpaired) electrons. The first-order valence-corrected chi connectivity index (χ1v) is 8.99. The van der Waals surface area contributed by atoms with Crippen molar-refractivity contribution >= 4 is 43.0 Å². The average Bonchev–Trinajstić information content (AvgIpc) is 2.85. The predicted octanol–water partition coefficient (Wildman–Crippen LogP) is 3.36. The van der Waals surface area contributed by atoms with Crippen LogP contribution >= 0.6 is 31.9 Å². The molecule has 8 heteroatoms. The van der Waals surface area contributed by atoms with Gasteiger partial charge in [0, 0.05) is 13.2 Å². The van der Waals surface area contributed by atoms with Crippen LogP contribution in [0.25, 0.3) is 11.2 Å². The zero-order valence-electron chi connectivity index (χ0n) is 13.0. The second kappa shape index (κ2) is 7.23. The molecule has 0 aliphatic rings. The third-order valence-electron chi connectivity index (χ3n) is 3.57. The summed E-state index contributed by atoms with van der Waals surface area (Å²) >= 11 is 7.04. The van der Waals surface area contributed by atoms with E-state index in [1.165, 1.54) is 0 Å². The van der Waals surface area contributed by atoms with Gasteiger partial charge in [-0.3, -0.25) is 5.41 Å².